The molecule has 1 aromatic carbocycles. The lowest BCUT2D eigenvalue weighted by molar-refractivity contribution is -0.154. The number of nitrogens with one attached hydrogen (secondary N) is 1. The quantitative estimate of drug-likeness (QED) is 0.842. The van der Waals surface area contributed by atoms with Gasteiger partial charge in [0.05, 0.1) is 18.7 Å². The van der Waals surface area contributed by atoms with Gasteiger partial charge >= 0.3 is 5.97 Å². The third-order valence-corrected chi connectivity index (χ3v) is 6.49. The molecule has 4 atom stereocenters. The minimum absolute atomic E-state index is 0.0423. The van der Waals surface area contributed by atoms with Gasteiger partial charge in [0.15, 0.2) is 5.78 Å². The first-order chi connectivity index (χ1) is 12.5. The van der Waals surface area contributed by atoms with Crippen LogP contribution in [0.15, 0.2) is 24.3 Å². The van der Waals surface area contributed by atoms with Crippen LogP contribution in [0, 0.1) is 17.8 Å². The van der Waals surface area contributed by atoms with Gasteiger partial charge in [0.1, 0.15) is 0 Å². The molecule has 0 spiro atoms. The fourth-order valence-electron chi connectivity index (χ4n) is 5.15. The number of rotatable bonds is 2. The third-order valence-electron chi connectivity index (χ3n) is 6.49. The van der Waals surface area contributed by atoms with Crippen LogP contribution in [0.2, 0.25) is 0 Å². The van der Waals surface area contributed by atoms with Crippen molar-refractivity contribution in [3.8, 4) is 0 Å². The average molecular weight is 354 g/mol. The molecule has 5 heteroatoms. The molecule has 138 valence electrons. The van der Waals surface area contributed by atoms with E-state index in [2.05, 4.69) is 29.9 Å². The number of hydrogen-bond donors (Lipinski definition) is 1. The summed E-state index contributed by atoms with van der Waals surface area (Å²) in [4.78, 5) is 31.5. The number of carbonyl (C=O) groups is 2. The fraction of sp³-hybridized carbons (Fsp3) is 0.524. The normalized spacial score (nSPS) is 29.1. The second kappa shape index (κ2) is 6.54. The topological polar surface area (TPSA) is 62.4 Å². The number of aromatic nitrogens is 1. The minimum atomic E-state index is -0.255. The number of Topliss-reactive ketones (excluding diaryl/α,β-unsaturated/α-hetero) is 1. The maximum absolute atomic E-state index is 13.1. The summed E-state index contributed by atoms with van der Waals surface area (Å²) in [5.74, 6) is 0.0584. The largest absolute Gasteiger partial charge is 0.469 e. The van der Waals surface area contributed by atoms with Gasteiger partial charge < -0.3 is 14.6 Å². The van der Waals surface area contributed by atoms with Crippen LogP contribution < -0.4 is 0 Å². The van der Waals surface area contributed by atoms with Crippen molar-refractivity contribution in [3.63, 3.8) is 0 Å². The van der Waals surface area contributed by atoms with Gasteiger partial charge in [-0.05, 0) is 36.9 Å². The first-order valence-electron chi connectivity index (χ1n) is 9.46. The molecule has 26 heavy (non-hydrogen) atoms. The van der Waals surface area contributed by atoms with E-state index in [-0.39, 0.29) is 29.6 Å². The first-order valence-corrected chi connectivity index (χ1v) is 9.46. The van der Waals surface area contributed by atoms with Crippen LogP contribution in [0.1, 0.15) is 35.8 Å². The highest BCUT2D eigenvalue weighted by Gasteiger charge is 2.48. The van der Waals surface area contributed by atoms with Gasteiger partial charge in [-0.1, -0.05) is 31.5 Å². The van der Waals surface area contributed by atoms with E-state index in [0.29, 0.717) is 18.8 Å². The van der Waals surface area contributed by atoms with Crippen molar-refractivity contribution >= 4 is 22.7 Å². The lowest BCUT2D eigenvalue weighted by Crippen LogP contribution is -2.56. The fourth-order valence-corrected chi connectivity index (χ4v) is 5.15. The molecule has 0 radical (unpaired) electrons. The van der Waals surface area contributed by atoms with E-state index >= 15 is 0 Å². The summed E-state index contributed by atoms with van der Waals surface area (Å²) in [6.07, 6.45) is 2.05. The molecular weight excluding hydrogens is 328 g/mol. The van der Waals surface area contributed by atoms with Gasteiger partial charge in [-0.3, -0.25) is 9.59 Å². The highest BCUT2D eigenvalue weighted by molar-refractivity contribution is 6.03. The second-order valence-corrected chi connectivity index (χ2v) is 7.74. The molecular formula is C21H26N2O3. The number of methoxy groups -OCH3 is 1. The summed E-state index contributed by atoms with van der Waals surface area (Å²) < 4.78 is 5.17. The molecule has 1 saturated heterocycles. The number of hydrogen-bond acceptors (Lipinski definition) is 4. The van der Waals surface area contributed by atoms with Crippen molar-refractivity contribution in [1.29, 1.82) is 0 Å². The van der Waals surface area contributed by atoms with Crippen LogP contribution in [0.25, 0.3) is 10.9 Å². The van der Waals surface area contributed by atoms with Crippen LogP contribution in [0.3, 0.4) is 0 Å². The Morgan fingerprint density at radius 1 is 1.31 bits per heavy atom. The number of fused-ring (bicyclic) bond motifs is 5. The van der Waals surface area contributed by atoms with Gasteiger partial charge in [-0.15, -0.1) is 0 Å². The van der Waals surface area contributed by atoms with Crippen LogP contribution in [0.4, 0.5) is 0 Å². The van der Waals surface area contributed by atoms with Crippen molar-refractivity contribution < 1.29 is 14.3 Å². The van der Waals surface area contributed by atoms with E-state index in [9.17, 15) is 9.59 Å². The van der Waals surface area contributed by atoms with E-state index in [1.54, 1.807) is 0 Å². The van der Waals surface area contributed by atoms with Gasteiger partial charge in [0, 0.05) is 29.9 Å². The van der Waals surface area contributed by atoms with Crippen molar-refractivity contribution in [2.75, 3.05) is 20.7 Å². The second-order valence-electron chi connectivity index (χ2n) is 7.74. The lowest BCUT2D eigenvalue weighted by atomic mass is 9.67. The molecule has 1 aliphatic heterocycles. The molecule has 2 aliphatic rings. The summed E-state index contributed by atoms with van der Waals surface area (Å²) in [5, 5.41) is 1.09. The van der Waals surface area contributed by atoms with Crippen molar-refractivity contribution in [1.82, 2.24) is 9.88 Å². The number of H-pyrrole nitrogens is 1. The van der Waals surface area contributed by atoms with Gasteiger partial charge in [0.2, 0.25) is 0 Å². The molecule has 4 rings (SSSR count). The number of esters is 1. The molecule has 1 unspecified atom stereocenters. The molecule has 1 fully saturated rings. The molecule has 0 amide bonds. The summed E-state index contributed by atoms with van der Waals surface area (Å²) in [6, 6.07) is 8.10. The Kier molecular flexibility index (Phi) is 4.35. The molecule has 0 saturated carbocycles. The highest BCUT2D eigenvalue weighted by atomic mass is 16.5. The molecule has 5 nitrogen and oxygen atoms in total. The number of ether oxygens (including phenoxy) is 1. The van der Waals surface area contributed by atoms with E-state index in [4.69, 9.17) is 4.74 Å². The summed E-state index contributed by atoms with van der Waals surface area (Å²) >= 11 is 0. The number of aromatic amines is 1. The number of piperidine rings is 1. The zero-order valence-electron chi connectivity index (χ0n) is 15.6. The monoisotopic (exact) mass is 354 g/mol. The van der Waals surface area contributed by atoms with E-state index in [1.807, 2.05) is 18.2 Å². The van der Waals surface area contributed by atoms with Gasteiger partial charge in [0.25, 0.3) is 0 Å². The van der Waals surface area contributed by atoms with Crippen molar-refractivity contribution in [2.24, 2.45) is 17.8 Å². The van der Waals surface area contributed by atoms with E-state index in [0.717, 1.165) is 35.1 Å². The number of para-hydroxylation sites is 1. The maximum Gasteiger partial charge on any atom is 0.310 e. The van der Waals surface area contributed by atoms with Gasteiger partial charge in [-0.2, -0.15) is 0 Å². The summed E-state index contributed by atoms with van der Waals surface area (Å²) in [7, 11) is 3.55. The summed E-state index contributed by atoms with van der Waals surface area (Å²) in [5.41, 5.74) is 2.77. The van der Waals surface area contributed by atoms with Crippen molar-refractivity contribution in [3.05, 3.63) is 35.5 Å². The Hall–Kier alpha value is -2.14. The SMILES string of the molecule is CCC1CN(C)[C@H]2Cc3c([nH]c4ccccc34)C(=O)C[C@@H]1[C@@H]2C(=O)OC. The van der Waals surface area contributed by atoms with Crippen LogP contribution in [-0.2, 0) is 16.0 Å². The zero-order valence-corrected chi connectivity index (χ0v) is 15.6. The van der Waals surface area contributed by atoms with E-state index < -0.39 is 0 Å². The van der Waals surface area contributed by atoms with E-state index in [1.165, 1.54) is 7.11 Å². The zero-order chi connectivity index (χ0) is 18.4. The molecule has 2 aromatic rings. The number of likely N-dealkylation sites (tertiary alicyclic amines) is 1. The Labute approximate surface area is 153 Å². The van der Waals surface area contributed by atoms with Crippen LogP contribution in [0.5, 0.6) is 0 Å². The van der Waals surface area contributed by atoms with Crippen molar-refractivity contribution in [2.45, 2.75) is 32.2 Å². The number of carbonyl (C=O) groups excluding carboxylic acids is 2. The number of likely N-dealkylation sites (N-methyl/N-ethyl adjacent to an activating group) is 1. The average Bonchev–Trinajstić information content (AvgIpc) is 3.01. The lowest BCUT2D eigenvalue weighted by Gasteiger charge is -2.47. The molecule has 1 aromatic heterocycles. The number of nitrogens with zero attached hydrogens (tertiary/aromatic N) is 1. The predicted molar refractivity (Wildman–Crippen MR) is 100 cm³/mol. The molecule has 2 bridgehead atoms. The Morgan fingerprint density at radius 2 is 2.08 bits per heavy atom. The number of benzene rings is 1. The standard InChI is InChI=1S/C21H26N2O3/c1-4-12-11-23(2)17-9-15-13-7-5-6-8-16(13)22-20(15)18(24)10-14(12)19(17)21(25)26-3/h5-8,12,14,17,19,22H,4,9-11H2,1-3H3/t12?,14-,17-,19-/m0/s1. The van der Waals surface area contributed by atoms with Gasteiger partial charge in [-0.25, -0.2) is 0 Å². The Bertz CT molecular complexity index is 856. The molecule has 1 aliphatic carbocycles. The van der Waals surface area contributed by atoms with Crippen LogP contribution >= 0.6 is 0 Å². The Morgan fingerprint density at radius 3 is 2.81 bits per heavy atom. The highest BCUT2D eigenvalue weighted by Crippen LogP contribution is 2.42. The number of ketones is 1. The summed E-state index contributed by atoms with van der Waals surface area (Å²) in [6.45, 7) is 3.06. The predicted octanol–water partition coefficient (Wildman–Crippen LogP) is 3.04. The molecule has 1 N–H and O–H groups in total. The maximum atomic E-state index is 13.1. The minimum Gasteiger partial charge on any atom is -0.469 e. The smallest absolute Gasteiger partial charge is 0.310 e. The first kappa shape index (κ1) is 17.3. The third kappa shape index (κ3) is 2.57. The molecule has 2 heterocycles. The van der Waals surface area contributed by atoms with Crippen LogP contribution in [-0.4, -0.2) is 48.4 Å². The Balaban J connectivity index is 1.88.